The van der Waals surface area contributed by atoms with Crippen molar-refractivity contribution in [2.75, 3.05) is 26.8 Å². The Balaban J connectivity index is 1.93. The van der Waals surface area contributed by atoms with Crippen molar-refractivity contribution in [1.29, 1.82) is 0 Å². The smallest absolute Gasteiger partial charge is 0.0510 e. The van der Waals surface area contributed by atoms with Gasteiger partial charge in [0.1, 0.15) is 0 Å². The van der Waals surface area contributed by atoms with Gasteiger partial charge in [0.2, 0.25) is 0 Å². The Kier molecular flexibility index (Phi) is 4.83. The molecule has 0 bridgehead atoms. The fourth-order valence-electron chi connectivity index (χ4n) is 3.59. The molecule has 3 heteroatoms. The van der Waals surface area contributed by atoms with Gasteiger partial charge in [-0.2, -0.15) is 0 Å². The Hall–Kier alpha value is -0.120. The van der Waals surface area contributed by atoms with Crippen molar-refractivity contribution >= 4 is 0 Å². The molecule has 2 rings (SSSR count). The molecule has 17 heavy (non-hydrogen) atoms. The van der Waals surface area contributed by atoms with Gasteiger partial charge in [-0.1, -0.05) is 19.8 Å². The molecule has 4 unspecified atom stereocenters. The van der Waals surface area contributed by atoms with Gasteiger partial charge in [0.25, 0.3) is 0 Å². The average Bonchev–Trinajstić information content (AvgIpc) is 2.83. The summed E-state index contributed by atoms with van der Waals surface area (Å²) in [5, 5.41) is 0. The van der Waals surface area contributed by atoms with E-state index in [4.69, 9.17) is 10.5 Å². The quantitative estimate of drug-likeness (QED) is 0.815. The second kappa shape index (κ2) is 6.17. The summed E-state index contributed by atoms with van der Waals surface area (Å²) in [6.07, 6.45) is 6.68. The van der Waals surface area contributed by atoms with Gasteiger partial charge in [-0.15, -0.1) is 0 Å². The zero-order chi connectivity index (χ0) is 12.3. The minimum Gasteiger partial charge on any atom is -0.381 e. The van der Waals surface area contributed by atoms with Gasteiger partial charge in [0.15, 0.2) is 0 Å². The predicted molar refractivity (Wildman–Crippen MR) is 71.0 cm³/mol. The van der Waals surface area contributed by atoms with Gasteiger partial charge >= 0.3 is 0 Å². The lowest BCUT2D eigenvalue weighted by Gasteiger charge is -2.40. The number of ether oxygens (including phenoxy) is 1. The van der Waals surface area contributed by atoms with E-state index < -0.39 is 0 Å². The van der Waals surface area contributed by atoms with E-state index in [9.17, 15) is 0 Å². The molecule has 2 fully saturated rings. The standard InChI is InChI=1S/C14H28N2O/c1-11-4-3-5-13(8-11)16(2)14(9-15)12-6-7-17-10-12/h11-14H,3-10,15H2,1-2H3. The molecular weight excluding hydrogens is 212 g/mol. The fraction of sp³-hybridized carbons (Fsp3) is 1.00. The summed E-state index contributed by atoms with van der Waals surface area (Å²) in [7, 11) is 2.28. The Morgan fingerprint density at radius 3 is 2.76 bits per heavy atom. The summed E-state index contributed by atoms with van der Waals surface area (Å²) in [4.78, 5) is 2.56. The van der Waals surface area contributed by atoms with Gasteiger partial charge < -0.3 is 10.5 Å². The van der Waals surface area contributed by atoms with Crippen LogP contribution in [0.2, 0.25) is 0 Å². The van der Waals surface area contributed by atoms with Crippen LogP contribution in [0.3, 0.4) is 0 Å². The van der Waals surface area contributed by atoms with Gasteiger partial charge in [0, 0.05) is 31.2 Å². The van der Waals surface area contributed by atoms with E-state index >= 15 is 0 Å². The van der Waals surface area contributed by atoms with E-state index in [1.54, 1.807) is 0 Å². The topological polar surface area (TPSA) is 38.5 Å². The van der Waals surface area contributed by atoms with Gasteiger partial charge in [0.05, 0.1) is 6.61 Å². The minimum atomic E-state index is 0.521. The van der Waals surface area contributed by atoms with E-state index in [1.807, 2.05) is 0 Å². The number of nitrogens with zero attached hydrogens (tertiary/aromatic N) is 1. The van der Waals surface area contributed by atoms with Gasteiger partial charge in [-0.05, 0) is 32.2 Å². The van der Waals surface area contributed by atoms with E-state index in [0.717, 1.165) is 31.7 Å². The lowest BCUT2D eigenvalue weighted by Crippen LogP contribution is -2.49. The molecule has 1 saturated heterocycles. The first-order valence-electron chi connectivity index (χ1n) is 7.22. The monoisotopic (exact) mass is 240 g/mol. The first-order chi connectivity index (χ1) is 8.22. The number of likely N-dealkylation sites (N-methyl/N-ethyl adjacent to an activating group) is 1. The average molecular weight is 240 g/mol. The van der Waals surface area contributed by atoms with E-state index in [2.05, 4.69) is 18.9 Å². The zero-order valence-electron chi connectivity index (χ0n) is 11.4. The molecule has 100 valence electrons. The van der Waals surface area contributed by atoms with Crippen molar-refractivity contribution in [2.45, 2.75) is 51.1 Å². The van der Waals surface area contributed by atoms with Gasteiger partial charge in [-0.25, -0.2) is 0 Å². The molecule has 1 aliphatic carbocycles. The SMILES string of the molecule is CC1CCCC(N(C)C(CN)C2CCOC2)C1. The first kappa shape index (κ1) is 13.3. The van der Waals surface area contributed by atoms with Crippen molar-refractivity contribution in [1.82, 2.24) is 4.90 Å². The first-order valence-corrected chi connectivity index (χ1v) is 7.22. The summed E-state index contributed by atoms with van der Waals surface area (Å²) in [5.41, 5.74) is 6.00. The third kappa shape index (κ3) is 3.21. The molecule has 0 aromatic rings. The molecule has 0 aromatic heterocycles. The van der Waals surface area contributed by atoms with Crippen LogP contribution in [0.4, 0.5) is 0 Å². The highest BCUT2D eigenvalue weighted by atomic mass is 16.5. The summed E-state index contributed by atoms with van der Waals surface area (Å²) >= 11 is 0. The molecular formula is C14H28N2O. The van der Waals surface area contributed by atoms with Crippen molar-refractivity contribution in [3.63, 3.8) is 0 Å². The summed E-state index contributed by atoms with van der Waals surface area (Å²) < 4.78 is 5.52. The summed E-state index contributed by atoms with van der Waals surface area (Å²) in [5.74, 6) is 1.54. The lowest BCUT2D eigenvalue weighted by molar-refractivity contribution is 0.0801. The predicted octanol–water partition coefficient (Wildman–Crippen LogP) is 1.86. The van der Waals surface area contributed by atoms with Crippen LogP contribution in [0.1, 0.15) is 39.0 Å². The molecule has 0 amide bonds. The van der Waals surface area contributed by atoms with E-state index in [0.29, 0.717) is 12.0 Å². The molecule has 3 nitrogen and oxygen atoms in total. The lowest BCUT2D eigenvalue weighted by atomic mass is 9.84. The third-order valence-corrected chi connectivity index (χ3v) is 4.76. The Bertz CT molecular complexity index is 228. The number of hydrogen-bond acceptors (Lipinski definition) is 3. The third-order valence-electron chi connectivity index (χ3n) is 4.76. The highest BCUT2D eigenvalue weighted by Gasteiger charge is 2.32. The molecule has 0 spiro atoms. The van der Waals surface area contributed by atoms with Crippen molar-refractivity contribution < 1.29 is 4.74 Å². The molecule has 0 aromatic carbocycles. The van der Waals surface area contributed by atoms with Crippen molar-refractivity contribution in [3.8, 4) is 0 Å². The van der Waals surface area contributed by atoms with Crippen LogP contribution in [-0.2, 0) is 4.74 Å². The second-order valence-electron chi connectivity index (χ2n) is 6.02. The van der Waals surface area contributed by atoms with Crippen molar-refractivity contribution in [2.24, 2.45) is 17.6 Å². The number of rotatable bonds is 4. The Labute approximate surface area is 106 Å². The number of nitrogens with two attached hydrogens (primary N) is 1. The van der Waals surface area contributed by atoms with Crippen LogP contribution < -0.4 is 5.73 Å². The maximum absolute atomic E-state index is 6.00. The van der Waals surface area contributed by atoms with Crippen LogP contribution in [0, 0.1) is 11.8 Å². The normalized spacial score (nSPS) is 36.4. The minimum absolute atomic E-state index is 0.521. The molecule has 0 radical (unpaired) electrons. The van der Waals surface area contributed by atoms with E-state index in [1.165, 1.54) is 32.1 Å². The zero-order valence-corrected chi connectivity index (χ0v) is 11.4. The molecule has 1 saturated carbocycles. The molecule has 1 heterocycles. The maximum Gasteiger partial charge on any atom is 0.0510 e. The summed E-state index contributed by atoms with van der Waals surface area (Å²) in [6, 6.07) is 1.26. The largest absolute Gasteiger partial charge is 0.381 e. The Morgan fingerprint density at radius 1 is 1.35 bits per heavy atom. The number of hydrogen-bond donors (Lipinski definition) is 1. The Morgan fingerprint density at radius 2 is 2.18 bits per heavy atom. The molecule has 2 aliphatic rings. The molecule has 1 aliphatic heterocycles. The molecule has 4 atom stereocenters. The van der Waals surface area contributed by atoms with E-state index in [-0.39, 0.29) is 0 Å². The molecule has 2 N–H and O–H groups in total. The van der Waals surface area contributed by atoms with Crippen LogP contribution in [-0.4, -0.2) is 43.8 Å². The van der Waals surface area contributed by atoms with Crippen LogP contribution in [0.5, 0.6) is 0 Å². The van der Waals surface area contributed by atoms with Crippen LogP contribution in [0.25, 0.3) is 0 Å². The van der Waals surface area contributed by atoms with Crippen molar-refractivity contribution in [3.05, 3.63) is 0 Å². The summed E-state index contributed by atoms with van der Waals surface area (Å²) in [6.45, 7) is 5.00. The van der Waals surface area contributed by atoms with Crippen LogP contribution in [0.15, 0.2) is 0 Å². The highest BCUT2D eigenvalue weighted by Crippen LogP contribution is 2.30. The highest BCUT2D eigenvalue weighted by molar-refractivity contribution is 4.87. The second-order valence-corrected chi connectivity index (χ2v) is 6.02. The van der Waals surface area contributed by atoms with Gasteiger partial charge in [-0.3, -0.25) is 4.90 Å². The van der Waals surface area contributed by atoms with Crippen LogP contribution >= 0.6 is 0 Å². The maximum atomic E-state index is 6.00. The fourth-order valence-corrected chi connectivity index (χ4v) is 3.59.